The maximum absolute atomic E-state index is 13.1. The molecule has 0 radical (unpaired) electrons. The van der Waals surface area contributed by atoms with Crippen LogP contribution < -0.4 is 10.2 Å². The van der Waals surface area contributed by atoms with Crippen molar-refractivity contribution in [3.05, 3.63) is 77.5 Å². The number of hydrogen-bond donors (Lipinski definition) is 1. The van der Waals surface area contributed by atoms with Crippen molar-refractivity contribution >= 4 is 17.5 Å². The number of aromatic nitrogens is 2. The second-order valence-corrected chi connectivity index (χ2v) is 7.79. The second-order valence-electron chi connectivity index (χ2n) is 7.79. The monoisotopic (exact) mass is 418 g/mol. The maximum atomic E-state index is 13.1. The van der Waals surface area contributed by atoms with E-state index in [-0.39, 0.29) is 30.6 Å². The lowest BCUT2D eigenvalue weighted by Crippen LogP contribution is -2.32. The number of aryl methyl sites for hydroxylation is 2. The standard InChI is InChI=1S/C24H23FN4O2/c1-15-3-8-21(9-16(15)2)29-13-18(10-23(29)30)24(31)26-12-20-11-22(28-14-27-20)17-4-6-19(25)7-5-17/h3-9,11,14,18H,10,12-13H2,1-2H3,(H,26,31). The van der Waals surface area contributed by atoms with Crippen molar-refractivity contribution in [2.24, 2.45) is 5.92 Å². The number of anilines is 1. The van der Waals surface area contributed by atoms with Gasteiger partial charge in [-0.2, -0.15) is 0 Å². The van der Waals surface area contributed by atoms with Crippen LogP contribution in [0.3, 0.4) is 0 Å². The van der Waals surface area contributed by atoms with Crippen LogP contribution in [-0.2, 0) is 16.1 Å². The van der Waals surface area contributed by atoms with Gasteiger partial charge in [-0.1, -0.05) is 6.07 Å². The van der Waals surface area contributed by atoms with Gasteiger partial charge in [-0.25, -0.2) is 14.4 Å². The van der Waals surface area contributed by atoms with Gasteiger partial charge in [0.2, 0.25) is 11.8 Å². The van der Waals surface area contributed by atoms with Crippen LogP contribution in [0.4, 0.5) is 10.1 Å². The minimum absolute atomic E-state index is 0.0518. The summed E-state index contributed by atoms with van der Waals surface area (Å²) >= 11 is 0. The molecule has 1 aliphatic heterocycles. The summed E-state index contributed by atoms with van der Waals surface area (Å²) in [6.07, 6.45) is 1.60. The van der Waals surface area contributed by atoms with Crippen LogP contribution in [-0.4, -0.2) is 28.3 Å². The topological polar surface area (TPSA) is 75.2 Å². The molecule has 1 aromatic heterocycles. The lowest BCUT2D eigenvalue weighted by atomic mass is 10.1. The van der Waals surface area contributed by atoms with E-state index in [0.717, 1.165) is 22.4 Å². The Labute approximate surface area is 180 Å². The zero-order valence-corrected chi connectivity index (χ0v) is 17.4. The number of carbonyl (C=O) groups excluding carboxylic acids is 2. The van der Waals surface area contributed by atoms with E-state index in [2.05, 4.69) is 15.3 Å². The number of amides is 2. The van der Waals surface area contributed by atoms with E-state index in [4.69, 9.17) is 0 Å². The highest BCUT2D eigenvalue weighted by molar-refractivity contribution is 6.00. The molecule has 0 aliphatic carbocycles. The summed E-state index contributed by atoms with van der Waals surface area (Å²) in [6, 6.07) is 13.7. The van der Waals surface area contributed by atoms with Gasteiger partial charge in [-0.05, 0) is 67.4 Å². The third kappa shape index (κ3) is 4.60. The fourth-order valence-electron chi connectivity index (χ4n) is 3.62. The summed E-state index contributed by atoms with van der Waals surface area (Å²) in [5, 5.41) is 2.87. The first-order valence-electron chi connectivity index (χ1n) is 10.1. The summed E-state index contributed by atoms with van der Waals surface area (Å²) in [7, 11) is 0. The third-order valence-electron chi connectivity index (χ3n) is 5.61. The van der Waals surface area contributed by atoms with Gasteiger partial charge in [-0.3, -0.25) is 9.59 Å². The minimum atomic E-state index is -0.410. The van der Waals surface area contributed by atoms with E-state index < -0.39 is 5.92 Å². The molecule has 1 N–H and O–H groups in total. The molecule has 6 nitrogen and oxygen atoms in total. The van der Waals surface area contributed by atoms with E-state index in [1.807, 2.05) is 32.0 Å². The van der Waals surface area contributed by atoms with Crippen LogP contribution in [0, 0.1) is 25.6 Å². The molecule has 1 saturated heterocycles. The normalized spacial score (nSPS) is 15.9. The van der Waals surface area contributed by atoms with Crippen molar-refractivity contribution in [2.75, 3.05) is 11.4 Å². The summed E-state index contributed by atoms with van der Waals surface area (Å²) < 4.78 is 13.1. The number of nitrogens with one attached hydrogen (secondary N) is 1. The third-order valence-corrected chi connectivity index (χ3v) is 5.61. The minimum Gasteiger partial charge on any atom is -0.350 e. The van der Waals surface area contributed by atoms with E-state index >= 15 is 0 Å². The Morgan fingerprint density at radius 1 is 1.10 bits per heavy atom. The first kappa shape index (κ1) is 20.7. The van der Waals surface area contributed by atoms with Gasteiger partial charge in [0.15, 0.2) is 0 Å². The predicted molar refractivity (Wildman–Crippen MR) is 116 cm³/mol. The fraction of sp³-hybridized carbons (Fsp3) is 0.250. The number of hydrogen-bond acceptors (Lipinski definition) is 4. The highest BCUT2D eigenvalue weighted by atomic mass is 19.1. The summed E-state index contributed by atoms with van der Waals surface area (Å²) in [5.74, 6) is -0.954. The van der Waals surface area contributed by atoms with Crippen LogP contribution >= 0.6 is 0 Å². The highest BCUT2D eigenvalue weighted by Crippen LogP contribution is 2.27. The average molecular weight is 418 g/mol. The summed E-state index contributed by atoms with van der Waals surface area (Å²) in [4.78, 5) is 35.3. The molecule has 2 heterocycles. The zero-order chi connectivity index (χ0) is 22.0. The summed E-state index contributed by atoms with van der Waals surface area (Å²) in [6.45, 7) is 4.61. The second kappa shape index (κ2) is 8.63. The van der Waals surface area contributed by atoms with E-state index in [1.165, 1.54) is 18.5 Å². The van der Waals surface area contributed by atoms with Gasteiger partial charge >= 0.3 is 0 Å². The lowest BCUT2D eigenvalue weighted by molar-refractivity contribution is -0.126. The van der Waals surface area contributed by atoms with Crippen molar-refractivity contribution in [2.45, 2.75) is 26.8 Å². The molecule has 0 saturated carbocycles. The molecule has 4 rings (SSSR count). The Bertz CT molecular complexity index is 1130. The smallest absolute Gasteiger partial charge is 0.227 e. The Kier molecular flexibility index (Phi) is 5.75. The van der Waals surface area contributed by atoms with Gasteiger partial charge < -0.3 is 10.2 Å². The number of rotatable bonds is 5. The molecule has 7 heteroatoms. The fourth-order valence-corrected chi connectivity index (χ4v) is 3.62. The number of carbonyl (C=O) groups is 2. The Balaban J connectivity index is 1.39. The zero-order valence-electron chi connectivity index (χ0n) is 17.4. The number of halogens is 1. The molecule has 1 unspecified atom stereocenters. The van der Waals surface area contributed by atoms with Gasteiger partial charge in [0.25, 0.3) is 0 Å². The Morgan fingerprint density at radius 2 is 1.87 bits per heavy atom. The maximum Gasteiger partial charge on any atom is 0.227 e. The van der Waals surface area contributed by atoms with Gasteiger partial charge in [0, 0.05) is 24.2 Å². The SMILES string of the molecule is Cc1ccc(N2CC(C(=O)NCc3cc(-c4ccc(F)cc4)ncn3)CC2=O)cc1C. The Morgan fingerprint density at radius 3 is 2.61 bits per heavy atom. The van der Waals surface area contributed by atoms with Crippen molar-refractivity contribution in [1.29, 1.82) is 0 Å². The van der Waals surface area contributed by atoms with E-state index in [0.29, 0.717) is 17.9 Å². The molecule has 0 bridgehead atoms. The number of benzene rings is 2. The molecule has 2 aromatic carbocycles. The van der Waals surface area contributed by atoms with Crippen LogP contribution in [0.15, 0.2) is 54.9 Å². The molecule has 1 aliphatic rings. The molecule has 158 valence electrons. The van der Waals surface area contributed by atoms with Gasteiger partial charge in [0.1, 0.15) is 12.1 Å². The van der Waals surface area contributed by atoms with Crippen LogP contribution in [0.2, 0.25) is 0 Å². The molecular formula is C24H23FN4O2. The van der Waals surface area contributed by atoms with Crippen molar-refractivity contribution in [3.8, 4) is 11.3 Å². The van der Waals surface area contributed by atoms with E-state index in [1.54, 1.807) is 23.1 Å². The quantitative estimate of drug-likeness (QED) is 0.687. The molecule has 31 heavy (non-hydrogen) atoms. The molecule has 1 atom stereocenters. The van der Waals surface area contributed by atoms with Crippen molar-refractivity contribution < 1.29 is 14.0 Å². The molecule has 3 aromatic rings. The molecule has 1 fully saturated rings. The number of nitrogens with zero attached hydrogens (tertiary/aromatic N) is 3. The highest BCUT2D eigenvalue weighted by Gasteiger charge is 2.35. The molecular weight excluding hydrogens is 395 g/mol. The van der Waals surface area contributed by atoms with Crippen molar-refractivity contribution in [1.82, 2.24) is 15.3 Å². The van der Waals surface area contributed by atoms with Gasteiger partial charge in [-0.15, -0.1) is 0 Å². The van der Waals surface area contributed by atoms with Crippen molar-refractivity contribution in [3.63, 3.8) is 0 Å². The van der Waals surface area contributed by atoms with Gasteiger partial charge in [0.05, 0.1) is 23.9 Å². The summed E-state index contributed by atoms with van der Waals surface area (Å²) in [5.41, 5.74) is 5.15. The average Bonchev–Trinajstić information content (AvgIpc) is 3.16. The predicted octanol–water partition coefficient (Wildman–Crippen LogP) is 3.57. The lowest BCUT2D eigenvalue weighted by Gasteiger charge is -2.18. The van der Waals surface area contributed by atoms with Crippen LogP contribution in [0.25, 0.3) is 11.3 Å². The van der Waals surface area contributed by atoms with E-state index in [9.17, 15) is 14.0 Å². The first-order valence-corrected chi connectivity index (χ1v) is 10.1. The molecule has 0 spiro atoms. The van der Waals surface area contributed by atoms with Crippen LogP contribution in [0.1, 0.15) is 23.2 Å². The largest absolute Gasteiger partial charge is 0.350 e. The van der Waals surface area contributed by atoms with Crippen LogP contribution in [0.5, 0.6) is 0 Å². The molecule has 2 amide bonds. The Hall–Kier alpha value is -3.61. The first-order chi connectivity index (χ1) is 14.9.